The minimum Gasteiger partial charge on any atom is -0.381 e. The van der Waals surface area contributed by atoms with Crippen LogP contribution in [0.5, 0.6) is 0 Å². The molecule has 2 saturated carbocycles. The monoisotopic (exact) mass is 308 g/mol. The van der Waals surface area contributed by atoms with E-state index in [9.17, 15) is 8.42 Å². The summed E-state index contributed by atoms with van der Waals surface area (Å²) < 4.78 is 27.4. The number of hydrogen-bond acceptors (Lipinski definition) is 3. The average molecular weight is 308 g/mol. The fourth-order valence-corrected chi connectivity index (χ4v) is 5.06. The fraction of sp³-hybridized carbons (Fsp3) is 0.625. The smallest absolute Gasteiger partial charge is 0.242 e. The highest BCUT2D eigenvalue weighted by molar-refractivity contribution is 7.89. The molecular formula is C16H24N2O2S. The van der Waals surface area contributed by atoms with Crippen LogP contribution in [0.15, 0.2) is 29.2 Å². The van der Waals surface area contributed by atoms with Gasteiger partial charge in [-0.3, -0.25) is 0 Å². The largest absolute Gasteiger partial charge is 0.381 e. The predicted octanol–water partition coefficient (Wildman–Crippen LogP) is 2.98. The third-order valence-electron chi connectivity index (χ3n) is 4.80. The van der Waals surface area contributed by atoms with Crippen LogP contribution < -0.4 is 10.0 Å². The van der Waals surface area contributed by atoms with Crippen LogP contribution in [0.3, 0.4) is 0 Å². The van der Waals surface area contributed by atoms with Gasteiger partial charge in [0.1, 0.15) is 4.90 Å². The number of anilines is 1. The molecule has 4 nitrogen and oxygen atoms in total. The van der Waals surface area contributed by atoms with Crippen LogP contribution in [0.4, 0.5) is 5.69 Å². The molecule has 0 radical (unpaired) electrons. The third kappa shape index (κ3) is 3.09. The van der Waals surface area contributed by atoms with E-state index >= 15 is 0 Å². The molecule has 2 fully saturated rings. The van der Waals surface area contributed by atoms with Gasteiger partial charge in [-0.15, -0.1) is 0 Å². The minimum absolute atomic E-state index is 0.376. The first-order valence-electron chi connectivity index (χ1n) is 7.95. The zero-order chi connectivity index (χ0) is 14.9. The second-order valence-electron chi connectivity index (χ2n) is 6.32. The second-order valence-corrected chi connectivity index (χ2v) is 8.05. The minimum atomic E-state index is -3.42. The summed E-state index contributed by atoms with van der Waals surface area (Å²) in [5.74, 6) is 1.56. The molecule has 0 amide bonds. The van der Waals surface area contributed by atoms with Gasteiger partial charge >= 0.3 is 0 Å². The Bertz CT molecular complexity index is 600. The van der Waals surface area contributed by atoms with E-state index in [0.717, 1.165) is 23.9 Å². The van der Waals surface area contributed by atoms with E-state index in [-0.39, 0.29) is 0 Å². The van der Waals surface area contributed by atoms with Crippen molar-refractivity contribution in [2.24, 2.45) is 11.8 Å². The molecular weight excluding hydrogens is 284 g/mol. The molecule has 1 aromatic carbocycles. The van der Waals surface area contributed by atoms with Crippen molar-refractivity contribution in [1.29, 1.82) is 0 Å². The van der Waals surface area contributed by atoms with Crippen LogP contribution in [-0.4, -0.2) is 21.0 Å². The molecule has 5 heteroatoms. The summed E-state index contributed by atoms with van der Waals surface area (Å²) in [4.78, 5) is 0.376. The molecule has 2 aliphatic carbocycles. The van der Waals surface area contributed by atoms with Crippen LogP contribution in [-0.2, 0) is 10.0 Å². The van der Waals surface area contributed by atoms with Gasteiger partial charge in [-0.05, 0) is 49.7 Å². The summed E-state index contributed by atoms with van der Waals surface area (Å²) in [7, 11) is -3.42. The van der Waals surface area contributed by atoms with Crippen molar-refractivity contribution in [3.63, 3.8) is 0 Å². The normalized spacial score (nSPS) is 28.0. The summed E-state index contributed by atoms with van der Waals surface area (Å²) in [6.45, 7) is 2.44. The maximum absolute atomic E-state index is 12.4. The number of para-hydroxylation sites is 1. The lowest BCUT2D eigenvalue weighted by Crippen LogP contribution is -2.29. The fourth-order valence-electron chi connectivity index (χ4n) is 3.76. The molecule has 2 N–H and O–H groups in total. The van der Waals surface area contributed by atoms with Crippen molar-refractivity contribution < 1.29 is 8.42 Å². The van der Waals surface area contributed by atoms with Crippen molar-refractivity contribution in [1.82, 2.24) is 4.72 Å². The number of nitrogens with one attached hydrogen (secondary N) is 2. The Morgan fingerprint density at radius 2 is 2.00 bits per heavy atom. The molecule has 3 atom stereocenters. The van der Waals surface area contributed by atoms with E-state index in [4.69, 9.17) is 0 Å². The first-order chi connectivity index (χ1) is 10.1. The maximum Gasteiger partial charge on any atom is 0.242 e. The molecule has 0 aliphatic heterocycles. The van der Waals surface area contributed by atoms with Crippen LogP contribution >= 0.6 is 0 Å². The molecule has 3 rings (SSSR count). The van der Waals surface area contributed by atoms with Gasteiger partial charge in [0.15, 0.2) is 0 Å². The molecule has 0 heterocycles. The first kappa shape index (κ1) is 14.9. The first-order valence-corrected chi connectivity index (χ1v) is 9.43. The zero-order valence-electron chi connectivity index (χ0n) is 12.5. The summed E-state index contributed by atoms with van der Waals surface area (Å²) in [5.41, 5.74) is 0.749. The van der Waals surface area contributed by atoms with Crippen molar-refractivity contribution in [2.75, 3.05) is 11.9 Å². The highest BCUT2D eigenvalue weighted by Gasteiger charge is 2.39. The lowest BCUT2D eigenvalue weighted by Gasteiger charge is -2.25. The average Bonchev–Trinajstić information content (AvgIpc) is 3.08. The van der Waals surface area contributed by atoms with Crippen molar-refractivity contribution in [3.05, 3.63) is 24.3 Å². The van der Waals surface area contributed by atoms with Crippen molar-refractivity contribution in [2.45, 2.75) is 50.0 Å². The second kappa shape index (κ2) is 5.97. The standard InChI is InChI=1S/C16H24N2O2S/c1-2-9-17-21(19,20)16-6-4-3-5-14(16)18-15-11-12-7-8-13(15)10-12/h3-6,12-13,15,17-18H,2,7-11H2,1H3. The van der Waals surface area contributed by atoms with Crippen molar-refractivity contribution in [3.8, 4) is 0 Å². The van der Waals surface area contributed by atoms with Crippen molar-refractivity contribution >= 4 is 15.7 Å². The van der Waals surface area contributed by atoms with Crippen LogP contribution in [0, 0.1) is 11.8 Å². The molecule has 2 bridgehead atoms. The van der Waals surface area contributed by atoms with Gasteiger partial charge in [-0.2, -0.15) is 0 Å². The Morgan fingerprint density at radius 3 is 2.67 bits per heavy atom. The molecule has 0 aromatic heterocycles. The molecule has 0 saturated heterocycles. The molecule has 3 unspecified atom stereocenters. The highest BCUT2D eigenvalue weighted by Crippen LogP contribution is 2.45. The summed E-state index contributed by atoms with van der Waals surface area (Å²) in [6, 6.07) is 7.69. The summed E-state index contributed by atoms with van der Waals surface area (Å²) >= 11 is 0. The van der Waals surface area contributed by atoms with Gasteiger partial charge in [0, 0.05) is 12.6 Å². The Morgan fingerprint density at radius 1 is 1.19 bits per heavy atom. The predicted molar refractivity (Wildman–Crippen MR) is 84.8 cm³/mol. The van der Waals surface area contributed by atoms with Gasteiger partial charge in [0.05, 0.1) is 5.69 Å². The summed E-state index contributed by atoms with van der Waals surface area (Å²) in [5, 5.41) is 3.50. The number of fused-ring (bicyclic) bond motifs is 2. The van der Waals surface area contributed by atoms with Gasteiger partial charge in [-0.1, -0.05) is 25.5 Å². The van der Waals surface area contributed by atoms with E-state index < -0.39 is 10.0 Å². The van der Waals surface area contributed by atoms with E-state index in [2.05, 4.69) is 10.0 Å². The lowest BCUT2D eigenvalue weighted by atomic mass is 9.95. The molecule has 0 spiro atoms. The van der Waals surface area contributed by atoms with E-state index in [0.29, 0.717) is 17.5 Å². The van der Waals surface area contributed by atoms with E-state index in [1.165, 1.54) is 25.7 Å². The molecule has 21 heavy (non-hydrogen) atoms. The Balaban J connectivity index is 1.79. The summed E-state index contributed by atoms with van der Waals surface area (Å²) in [6.07, 6.45) is 5.91. The van der Waals surface area contributed by atoms with Gasteiger partial charge < -0.3 is 5.32 Å². The maximum atomic E-state index is 12.4. The van der Waals surface area contributed by atoms with E-state index in [1.807, 2.05) is 19.1 Å². The van der Waals surface area contributed by atoms with Crippen LogP contribution in [0.2, 0.25) is 0 Å². The Kier molecular flexibility index (Phi) is 4.22. The van der Waals surface area contributed by atoms with Crippen LogP contribution in [0.1, 0.15) is 39.0 Å². The highest BCUT2D eigenvalue weighted by atomic mass is 32.2. The van der Waals surface area contributed by atoms with Gasteiger partial charge in [0.25, 0.3) is 0 Å². The third-order valence-corrected chi connectivity index (χ3v) is 6.32. The van der Waals surface area contributed by atoms with Gasteiger partial charge in [-0.25, -0.2) is 13.1 Å². The van der Waals surface area contributed by atoms with Gasteiger partial charge in [0.2, 0.25) is 10.0 Å². The topological polar surface area (TPSA) is 58.2 Å². The number of rotatable bonds is 6. The number of sulfonamides is 1. The molecule has 116 valence electrons. The SMILES string of the molecule is CCCNS(=O)(=O)c1ccccc1NC1CC2CCC1C2. The quantitative estimate of drug-likeness (QED) is 0.849. The van der Waals surface area contributed by atoms with E-state index in [1.54, 1.807) is 12.1 Å². The Hall–Kier alpha value is -1.07. The molecule has 1 aromatic rings. The lowest BCUT2D eigenvalue weighted by molar-refractivity contribution is 0.439. The Labute approximate surface area is 127 Å². The number of hydrogen-bond donors (Lipinski definition) is 2. The van der Waals surface area contributed by atoms with Crippen LogP contribution in [0.25, 0.3) is 0 Å². The number of benzene rings is 1. The zero-order valence-corrected chi connectivity index (χ0v) is 13.3. The molecule has 2 aliphatic rings.